The van der Waals surface area contributed by atoms with Crippen molar-refractivity contribution in [2.45, 2.75) is 24.3 Å². The molecular weight excluding hydrogens is 272 g/mol. The van der Waals surface area contributed by atoms with Crippen molar-refractivity contribution in [1.82, 2.24) is 4.90 Å². The molecule has 0 radical (unpaired) electrons. The molecule has 1 aromatic rings. The SMILES string of the molecule is CC(O)C1CCN(C(=O)c2ccccc2SCC#N)C1. The van der Waals surface area contributed by atoms with Crippen LogP contribution in [0, 0.1) is 17.2 Å². The van der Waals surface area contributed by atoms with Crippen LogP contribution in [0.25, 0.3) is 0 Å². The number of nitrogens with zero attached hydrogens (tertiary/aromatic N) is 2. The van der Waals surface area contributed by atoms with Gasteiger partial charge >= 0.3 is 0 Å². The normalized spacial score (nSPS) is 19.6. The van der Waals surface area contributed by atoms with Crippen molar-refractivity contribution in [2.75, 3.05) is 18.8 Å². The van der Waals surface area contributed by atoms with Crippen LogP contribution in [0.2, 0.25) is 0 Å². The lowest BCUT2D eigenvalue weighted by molar-refractivity contribution is 0.0759. The summed E-state index contributed by atoms with van der Waals surface area (Å²) < 4.78 is 0. The molecule has 1 amide bonds. The minimum atomic E-state index is -0.379. The number of hydrogen-bond acceptors (Lipinski definition) is 4. The van der Waals surface area contributed by atoms with Crippen LogP contribution in [-0.4, -0.2) is 40.9 Å². The van der Waals surface area contributed by atoms with Crippen molar-refractivity contribution in [2.24, 2.45) is 5.92 Å². The summed E-state index contributed by atoms with van der Waals surface area (Å²) in [5.74, 6) is 0.493. The lowest BCUT2D eigenvalue weighted by Gasteiger charge is -2.19. The molecule has 1 aliphatic heterocycles. The molecule has 1 aliphatic rings. The zero-order valence-corrected chi connectivity index (χ0v) is 12.3. The first-order chi connectivity index (χ1) is 9.63. The Kier molecular flexibility index (Phi) is 5.05. The summed E-state index contributed by atoms with van der Waals surface area (Å²) in [6, 6.07) is 9.47. The summed E-state index contributed by atoms with van der Waals surface area (Å²) >= 11 is 1.38. The van der Waals surface area contributed by atoms with E-state index in [1.807, 2.05) is 18.2 Å². The van der Waals surface area contributed by atoms with Crippen LogP contribution in [0.15, 0.2) is 29.2 Å². The number of carbonyl (C=O) groups is 1. The van der Waals surface area contributed by atoms with Gasteiger partial charge in [-0.1, -0.05) is 12.1 Å². The highest BCUT2D eigenvalue weighted by atomic mass is 32.2. The summed E-state index contributed by atoms with van der Waals surface area (Å²) in [4.78, 5) is 15.2. The number of rotatable bonds is 4. The van der Waals surface area contributed by atoms with Crippen molar-refractivity contribution in [3.63, 3.8) is 0 Å². The number of likely N-dealkylation sites (tertiary alicyclic amines) is 1. The highest BCUT2D eigenvalue weighted by Crippen LogP contribution is 2.26. The molecule has 5 heteroatoms. The Morgan fingerprint density at radius 3 is 3.00 bits per heavy atom. The Labute approximate surface area is 123 Å². The molecule has 2 atom stereocenters. The van der Waals surface area contributed by atoms with Gasteiger partial charge < -0.3 is 10.0 Å². The van der Waals surface area contributed by atoms with Crippen molar-refractivity contribution < 1.29 is 9.90 Å². The largest absolute Gasteiger partial charge is 0.393 e. The Balaban J connectivity index is 2.12. The molecule has 20 heavy (non-hydrogen) atoms. The van der Waals surface area contributed by atoms with E-state index in [9.17, 15) is 9.90 Å². The molecule has 2 rings (SSSR count). The van der Waals surface area contributed by atoms with Gasteiger partial charge in [-0.15, -0.1) is 11.8 Å². The fourth-order valence-corrected chi connectivity index (χ4v) is 3.12. The molecule has 0 saturated carbocycles. The quantitative estimate of drug-likeness (QED) is 0.863. The molecule has 0 aromatic heterocycles. The van der Waals surface area contributed by atoms with Gasteiger partial charge in [-0.3, -0.25) is 4.79 Å². The average molecular weight is 290 g/mol. The first-order valence-corrected chi connectivity index (χ1v) is 7.68. The molecule has 2 unspecified atom stereocenters. The van der Waals surface area contributed by atoms with Crippen LogP contribution in [0.1, 0.15) is 23.7 Å². The summed E-state index contributed by atoms with van der Waals surface area (Å²) in [5, 5.41) is 18.3. The summed E-state index contributed by atoms with van der Waals surface area (Å²) in [6.07, 6.45) is 0.465. The minimum Gasteiger partial charge on any atom is -0.393 e. The number of thioether (sulfide) groups is 1. The fourth-order valence-electron chi connectivity index (χ4n) is 2.42. The van der Waals surface area contributed by atoms with Gasteiger partial charge in [-0.2, -0.15) is 5.26 Å². The third-order valence-electron chi connectivity index (χ3n) is 3.60. The molecular formula is C15H18N2O2S. The number of hydrogen-bond donors (Lipinski definition) is 1. The molecule has 0 aliphatic carbocycles. The number of benzene rings is 1. The molecule has 0 bridgehead atoms. The lowest BCUT2D eigenvalue weighted by atomic mass is 10.0. The van der Waals surface area contributed by atoms with E-state index in [0.717, 1.165) is 11.3 Å². The van der Waals surface area contributed by atoms with Crippen LogP contribution < -0.4 is 0 Å². The highest BCUT2D eigenvalue weighted by molar-refractivity contribution is 7.99. The van der Waals surface area contributed by atoms with Gasteiger partial charge in [0.05, 0.1) is 23.5 Å². The Bertz CT molecular complexity index is 525. The number of aliphatic hydroxyl groups excluding tert-OH is 1. The lowest BCUT2D eigenvalue weighted by Crippen LogP contribution is -2.30. The van der Waals surface area contributed by atoms with Crippen molar-refractivity contribution in [3.05, 3.63) is 29.8 Å². The standard InChI is InChI=1S/C15H18N2O2S/c1-11(18)12-6-8-17(10-12)15(19)13-4-2-3-5-14(13)20-9-7-16/h2-5,11-12,18H,6,8-10H2,1H3. The topological polar surface area (TPSA) is 64.3 Å². The highest BCUT2D eigenvalue weighted by Gasteiger charge is 2.30. The van der Waals surface area contributed by atoms with Gasteiger partial charge in [-0.05, 0) is 25.5 Å². The van der Waals surface area contributed by atoms with Gasteiger partial charge in [0.2, 0.25) is 0 Å². The molecule has 0 spiro atoms. The number of nitriles is 1. The number of aliphatic hydroxyl groups is 1. The molecule has 1 saturated heterocycles. The average Bonchev–Trinajstić information content (AvgIpc) is 2.94. The van der Waals surface area contributed by atoms with E-state index in [2.05, 4.69) is 6.07 Å². The van der Waals surface area contributed by atoms with Gasteiger partial charge in [0.15, 0.2) is 0 Å². The predicted molar refractivity (Wildman–Crippen MR) is 78.5 cm³/mol. The smallest absolute Gasteiger partial charge is 0.255 e. The molecule has 1 aromatic carbocycles. The van der Waals surface area contributed by atoms with Gasteiger partial charge in [0.25, 0.3) is 5.91 Å². The molecule has 106 valence electrons. The maximum atomic E-state index is 12.5. The van der Waals surface area contributed by atoms with Crippen molar-refractivity contribution in [1.29, 1.82) is 5.26 Å². The van der Waals surface area contributed by atoms with Gasteiger partial charge in [-0.25, -0.2) is 0 Å². The van der Waals surface area contributed by atoms with E-state index in [4.69, 9.17) is 5.26 Å². The minimum absolute atomic E-state index is 0.00538. The molecule has 4 nitrogen and oxygen atoms in total. The summed E-state index contributed by atoms with van der Waals surface area (Å²) in [5.41, 5.74) is 0.652. The maximum absolute atomic E-state index is 12.5. The van der Waals surface area contributed by atoms with Crippen LogP contribution >= 0.6 is 11.8 Å². The van der Waals surface area contributed by atoms with Gasteiger partial charge in [0.1, 0.15) is 0 Å². The van der Waals surface area contributed by atoms with Crippen molar-refractivity contribution in [3.8, 4) is 6.07 Å². The number of amides is 1. The predicted octanol–water partition coefficient (Wildman–Crippen LogP) is 2.15. The Morgan fingerprint density at radius 1 is 1.60 bits per heavy atom. The second-order valence-electron chi connectivity index (χ2n) is 4.98. The van der Waals surface area contributed by atoms with E-state index in [1.54, 1.807) is 17.9 Å². The monoisotopic (exact) mass is 290 g/mol. The van der Waals surface area contributed by atoms with Crippen LogP contribution in [0.3, 0.4) is 0 Å². The van der Waals surface area contributed by atoms with E-state index < -0.39 is 0 Å². The third kappa shape index (κ3) is 3.33. The van der Waals surface area contributed by atoms with E-state index in [0.29, 0.717) is 24.4 Å². The van der Waals surface area contributed by atoms with Crippen LogP contribution in [0.5, 0.6) is 0 Å². The van der Waals surface area contributed by atoms with E-state index >= 15 is 0 Å². The molecule has 1 heterocycles. The second kappa shape index (κ2) is 6.78. The second-order valence-corrected chi connectivity index (χ2v) is 6.00. The van der Waals surface area contributed by atoms with E-state index in [1.165, 1.54) is 11.8 Å². The van der Waals surface area contributed by atoms with Crippen LogP contribution in [0.4, 0.5) is 0 Å². The zero-order valence-electron chi connectivity index (χ0n) is 11.5. The fraction of sp³-hybridized carbons (Fsp3) is 0.467. The van der Waals surface area contributed by atoms with E-state index in [-0.39, 0.29) is 17.9 Å². The molecule has 1 fully saturated rings. The van der Waals surface area contributed by atoms with Gasteiger partial charge in [0, 0.05) is 23.9 Å². The zero-order chi connectivity index (χ0) is 14.5. The number of carbonyl (C=O) groups excluding carboxylic acids is 1. The molecule has 1 N–H and O–H groups in total. The third-order valence-corrected chi connectivity index (χ3v) is 4.54. The summed E-state index contributed by atoms with van der Waals surface area (Å²) in [7, 11) is 0. The van der Waals surface area contributed by atoms with Crippen molar-refractivity contribution >= 4 is 17.7 Å². The first-order valence-electron chi connectivity index (χ1n) is 6.69. The summed E-state index contributed by atoms with van der Waals surface area (Å²) in [6.45, 7) is 3.06. The Hall–Kier alpha value is -1.51. The van der Waals surface area contributed by atoms with Crippen LogP contribution in [-0.2, 0) is 0 Å². The maximum Gasteiger partial charge on any atom is 0.255 e. The first kappa shape index (κ1) is 14.9. The Morgan fingerprint density at radius 2 is 2.35 bits per heavy atom.